The first kappa shape index (κ1) is 13.0. The minimum absolute atomic E-state index is 0.322. The molecule has 0 spiro atoms. The van der Waals surface area contributed by atoms with Crippen molar-refractivity contribution in [3.8, 4) is 0 Å². The predicted molar refractivity (Wildman–Crippen MR) is 60.9 cm³/mol. The van der Waals surface area contributed by atoms with Gasteiger partial charge in [0.15, 0.2) is 0 Å². The number of halogens is 1. The highest BCUT2D eigenvalue weighted by atomic mass is 35.5. The summed E-state index contributed by atoms with van der Waals surface area (Å²) in [6.07, 6.45) is 5.43. The van der Waals surface area contributed by atoms with Gasteiger partial charge in [-0.15, -0.1) is 0 Å². The maximum atomic E-state index is 5.87. The zero-order chi connectivity index (χ0) is 10.5. The summed E-state index contributed by atoms with van der Waals surface area (Å²) in [6.45, 7) is 9.80. The first-order valence-electron chi connectivity index (χ1n) is 4.86. The van der Waals surface area contributed by atoms with Crippen LogP contribution in [0.1, 0.15) is 34.1 Å². The van der Waals surface area contributed by atoms with Crippen LogP contribution in [0.5, 0.6) is 0 Å². The van der Waals surface area contributed by atoms with E-state index in [9.17, 15) is 0 Å². The Balaban J connectivity index is 4.19. The molecule has 0 rings (SSSR count). The van der Waals surface area contributed by atoms with Crippen LogP contribution in [0, 0.1) is 11.3 Å². The van der Waals surface area contributed by atoms with Gasteiger partial charge < -0.3 is 0 Å². The summed E-state index contributed by atoms with van der Waals surface area (Å²) < 4.78 is 1.75. The van der Waals surface area contributed by atoms with Crippen molar-refractivity contribution < 1.29 is 0 Å². The smallest absolute Gasteiger partial charge is 0.0172 e. The van der Waals surface area contributed by atoms with E-state index in [0.717, 1.165) is 13.0 Å². The number of rotatable bonds is 4. The van der Waals surface area contributed by atoms with E-state index >= 15 is 0 Å². The molecule has 1 nitrogen and oxygen atoms in total. The lowest BCUT2D eigenvalue weighted by molar-refractivity contribution is 0.211. The summed E-state index contributed by atoms with van der Waals surface area (Å²) in [5.74, 6) is 0.617. The van der Waals surface area contributed by atoms with E-state index < -0.39 is 0 Å². The molecule has 0 aliphatic heterocycles. The Kier molecular flexibility index (Phi) is 5.66. The standard InChI is InChI=1S/C11H22ClN/c1-6-7-8-10(9-13(5)12)11(2,3)4/h6-7,10H,8-9H2,1-5H3/b7-6+. The average Bonchev–Trinajstić information content (AvgIpc) is 1.95. The monoisotopic (exact) mass is 203 g/mol. The van der Waals surface area contributed by atoms with E-state index in [2.05, 4.69) is 39.8 Å². The largest absolute Gasteiger partial charge is 0.223 e. The van der Waals surface area contributed by atoms with E-state index in [-0.39, 0.29) is 0 Å². The fourth-order valence-corrected chi connectivity index (χ4v) is 1.47. The molecule has 0 aromatic rings. The van der Waals surface area contributed by atoms with Crippen LogP contribution in [-0.4, -0.2) is 18.0 Å². The molecule has 0 aliphatic carbocycles. The van der Waals surface area contributed by atoms with Crippen molar-refractivity contribution in [3.05, 3.63) is 12.2 Å². The molecule has 0 radical (unpaired) electrons. The summed E-state index contributed by atoms with van der Waals surface area (Å²) >= 11 is 5.87. The number of hydrogen-bond donors (Lipinski definition) is 0. The van der Waals surface area contributed by atoms with Crippen molar-refractivity contribution >= 4 is 11.8 Å². The molecule has 2 heteroatoms. The molecule has 0 bridgehead atoms. The summed E-state index contributed by atoms with van der Waals surface area (Å²) in [5, 5.41) is 0. The number of allylic oxidation sites excluding steroid dienone is 2. The van der Waals surface area contributed by atoms with Gasteiger partial charge >= 0.3 is 0 Å². The maximum absolute atomic E-state index is 5.87. The van der Waals surface area contributed by atoms with E-state index in [1.165, 1.54) is 0 Å². The third-order valence-corrected chi connectivity index (χ3v) is 2.49. The zero-order valence-corrected chi connectivity index (χ0v) is 10.2. The second kappa shape index (κ2) is 5.66. The molecule has 13 heavy (non-hydrogen) atoms. The molecule has 1 atom stereocenters. The van der Waals surface area contributed by atoms with Crippen molar-refractivity contribution in [3.63, 3.8) is 0 Å². The second-order valence-corrected chi connectivity index (χ2v) is 5.23. The first-order chi connectivity index (χ1) is 5.88. The SMILES string of the molecule is C/C=C/CC(CN(C)Cl)C(C)(C)C. The van der Waals surface area contributed by atoms with Crippen LogP contribution in [0.4, 0.5) is 0 Å². The molecule has 0 aliphatic rings. The van der Waals surface area contributed by atoms with Gasteiger partial charge in [-0.05, 0) is 36.5 Å². The minimum Gasteiger partial charge on any atom is -0.223 e. The van der Waals surface area contributed by atoms with Crippen molar-refractivity contribution in [1.82, 2.24) is 4.42 Å². The van der Waals surface area contributed by atoms with Gasteiger partial charge in [-0.25, -0.2) is 4.42 Å². The molecule has 0 aromatic carbocycles. The summed E-state index contributed by atoms with van der Waals surface area (Å²) in [4.78, 5) is 0. The normalized spacial score (nSPS) is 15.6. The predicted octanol–water partition coefficient (Wildman–Crippen LogP) is 3.70. The Morgan fingerprint density at radius 1 is 1.38 bits per heavy atom. The zero-order valence-electron chi connectivity index (χ0n) is 9.47. The van der Waals surface area contributed by atoms with Gasteiger partial charge in [0, 0.05) is 13.6 Å². The Morgan fingerprint density at radius 2 is 1.92 bits per heavy atom. The quantitative estimate of drug-likeness (QED) is 0.498. The van der Waals surface area contributed by atoms with Gasteiger partial charge in [0.2, 0.25) is 0 Å². The fourth-order valence-electron chi connectivity index (χ4n) is 1.31. The number of hydrogen-bond acceptors (Lipinski definition) is 1. The third kappa shape index (κ3) is 6.11. The highest BCUT2D eigenvalue weighted by Crippen LogP contribution is 2.29. The molecule has 1 unspecified atom stereocenters. The molecule has 0 amide bonds. The van der Waals surface area contributed by atoms with Crippen molar-refractivity contribution in [1.29, 1.82) is 0 Å². The Morgan fingerprint density at radius 3 is 2.23 bits per heavy atom. The average molecular weight is 204 g/mol. The van der Waals surface area contributed by atoms with Crippen molar-refractivity contribution in [2.75, 3.05) is 13.6 Å². The molecule has 0 aromatic heterocycles. The van der Waals surface area contributed by atoms with E-state index in [1.807, 2.05) is 7.05 Å². The van der Waals surface area contributed by atoms with Crippen LogP contribution in [-0.2, 0) is 0 Å². The highest BCUT2D eigenvalue weighted by molar-refractivity contribution is 6.13. The highest BCUT2D eigenvalue weighted by Gasteiger charge is 2.24. The van der Waals surface area contributed by atoms with Crippen LogP contribution in [0.3, 0.4) is 0 Å². The Hall–Kier alpha value is -0.0100. The van der Waals surface area contributed by atoms with E-state index in [1.54, 1.807) is 4.42 Å². The Bertz CT molecular complexity index is 156. The van der Waals surface area contributed by atoms with E-state index in [4.69, 9.17) is 11.8 Å². The van der Waals surface area contributed by atoms with Gasteiger partial charge in [-0.2, -0.15) is 0 Å². The molecule has 0 heterocycles. The lowest BCUT2D eigenvalue weighted by Gasteiger charge is -2.31. The second-order valence-electron chi connectivity index (χ2n) is 4.66. The minimum atomic E-state index is 0.322. The molecule has 0 saturated carbocycles. The maximum Gasteiger partial charge on any atom is 0.0172 e. The van der Waals surface area contributed by atoms with Gasteiger partial charge in [0.05, 0.1) is 0 Å². The topological polar surface area (TPSA) is 3.24 Å². The van der Waals surface area contributed by atoms with Crippen LogP contribution < -0.4 is 0 Å². The summed E-state index contributed by atoms with van der Waals surface area (Å²) in [6, 6.07) is 0. The molecule has 78 valence electrons. The third-order valence-electron chi connectivity index (χ3n) is 2.35. The van der Waals surface area contributed by atoms with Crippen LogP contribution in [0.15, 0.2) is 12.2 Å². The molecular formula is C11H22ClN. The lowest BCUT2D eigenvalue weighted by atomic mass is 9.78. The lowest BCUT2D eigenvalue weighted by Crippen LogP contribution is -2.28. The molecule has 0 N–H and O–H groups in total. The fraction of sp³-hybridized carbons (Fsp3) is 0.818. The molecule has 0 fully saturated rings. The van der Waals surface area contributed by atoms with Gasteiger partial charge in [0.1, 0.15) is 0 Å². The van der Waals surface area contributed by atoms with Crippen LogP contribution in [0.25, 0.3) is 0 Å². The van der Waals surface area contributed by atoms with Crippen molar-refractivity contribution in [2.45, 2.75) is 34.1 Å². The van der Waals surface area contributed by atoms with Gasteiger partial charge in [-0.1, -0.05) is 32.9 Å². The van der Waals surface area contributed by atoms with E-state index in [0.29, 0.717) is 11.3 Å². The van der Waals surface area contributed by atoms with Crippen molar-refractivity contribution in [2.24, 2.45) is 11.3 Å². The summed E-state index contributed by atoms with van der Waals surface area (Å²) in [5.41, 5.74) is 0.322. The molecular weight excluding hydrogens is 182 g/mol. The molecule has 0 saturated heterocycles. The Labute approximate surface area is 87.9 Å². The first-order valence-corrected chi connectivity index (χ1v) is 5.19. The van der Waals surface area contributed by atoms with Gasteiger partial charge in [-0.3, -0.25) is 0 Å². The number of nitrogens with zero attached hydrogens (tertiary/aromatic N) is 1. The van der Waals surface area contributed by atoms with Crippen LogP contribution in [0.2, 0.25) is 0 Å². The summed E-state index contributed by atoms with van der Waals surface area (Å²) in [7, 11) is 1.91. The van der Waals surface area contributed by atoms with Gasteiger partial charge in [0.25, 0.3) is 0 Å². The van der Waals surface area contributed by atoms with Crippen LogP contribution >= 0.6 is 11.8 Å².